The summed E-state index contributed by atoms with van der Waals surface area (Å²) in [6.07, 6.45) is 1.36. The number of anilines is 1. The molecule has 0 aliphatic heterocycles. The molecule has 2 aromatic heterocycles. The maximum atomic E-state index is 12.3. The van der Waals surface area contributed by atoms with Gasteiger partial charge in [-0.3, -0.25) is 4.52 Å². The van der Waals surface area contributed by atoms with E-state index in [9.17, 15) is 29.0 Å². The number of aromatic nitrogens is 3. The van der Waals surface area contributed by atoms with Gasteiger partial charge in [0, 0.05) is 25.1 Å². The van der Waals surface area contributed by atoms with Gasteiger partial charge in [-0.15, -0.1) is 0 Å². The number of nitrogens with two attached hydrogens (primary N) is 1. The predicted octanol–water partition coefficient (Wildman–Crippen LogP) is -0.172. The largest absolute Gasteiger partial charge is 0.546 e. The molecule has 2 atom stereocenters. The van der Waals surface area contributed by atoms with Crippen molar-refractivity contribution >= 4 is 38.8 Å². The highest BCUT2D eigenvalue weighted by Gasteiger charge is 2.45. The quantitative estimate of drug-likeness (QED) is 0.148. The van der Waals surface area contributed by atoms with Crippen LogP contribution in [0.3, 0.4) is 0 Å². The Hall–Kier alpha value is -2.58. The number of phosphoric acid groups is 2. The maximum Gasteiger partial charge on any atom is 0.481 e. The standard InChI is InChI=1S/C20H24N4O10P2S/c1-12-16(8-9-33-36(31,32)34-35(28,29)30)37-18(20(27,19(25)26)15-6-4-3-5-7-15)24(12)11-14-10-22-13(2)23-17(14)21/h3-7,10,27H,8-9,11H2,1-2H3,(H5-,21,22,23,25,26,28,29,30,31,32). The molecule has 200 valence electrons. The number of hydrogen-bond donors (Lipinski definition) is 5. The number of rotatable bonds is 11. The smallest absolute Gasteiger partial charge is 0.481 e. The average molecular weight is 574 g/mol. The van der Waals surface area contributed by atoms with E-state index in [4.69, 9.17) is 15.5 Å². The van der Waals surface area contributed by atoms with E-state index in [-0.39, 0.29) is 29.4 Å². The van der Waals surface area contributed by atoms with Gasteiger partial charge in [-0.2, -0.15) is 8.88 Å². The zero-order chi connectivity index (χ0) is 27.6. The number of nitrogens with zero attached hydrogens (tertiary/aromatic N) is 3. The summed E-state index contributed by atoms with van der Waals surface area (Å²) in [5.74, 6) is -1.22. The molecule has 0 aliphatic carbocycles. The molecule has 0 saturated heterocycles. The molecule has 6 N–H and O–H groups in total. The van der Waals surface area contributed by atoms with Crippen molar-refractivity contribution in [3.05, 3.63) is 69.1 Å². The Morgan fingerprint density at radius 3 is 2.43 bits per heavy atom. The van der Waals surface area contributed by atoms with Crippen LogP contribution in [0, 0.1) is 13.8 Å². The second-order valence-electron chi connectivity index (χ2n) is 7.82. The molecule has 14 nitrogen and oxygen atoms in total. The molecule has 2 heterocycles. The van der Waals surface area contributed by atoms with Crippen molar-refractivity contribution in [2.45, 2.75) is 32.4 Å². The normalized spacial score (nSPS) is 15.2. The van der Waals surface area contributed by atoms with E-state index >= 15 is 0 Å². The van der Waals surface area contributed by atoms with Crippen molar-refractivity contribution in [1.82, 2.24) is 9.97 Å². The van der Waals surface area contributed by atoms with Crippen LogP contribution >= 0.6 is 27.0 Å². The first kappa shape index (κ1) is 29.0. The van der Waals surface area contributed by atoms with Gasteiger partial charge >= 0.3 is 15.6 Å². The molecule has 0 bridgehead atoms. The van der Waals surface area contributed by atoms with Crippen LogP contribution in [0.1, 0.15) is 32.5 Å². The third kappa shape index (κ3) is 6.85. The van der Waals surface area contributed by atoms with Crippen LogP contribution in [0.25, 0.3) is 0 Å². The van der Waals surface area contributed by atoms with Gasteiger partial charge in [-0.05, 0) is 6.92 Å². The molecule has 2 unspecified atom stereocenters. The topological polar surface area (TPSA) is 229 Å². The van der Waals surface area contributed by atoms with E-state index in [1.54, 1.807) is 32.0 Å². The minimum absolute atomic E-state index is 0.0239. The van der Waals surface area contributed by atoms with Crippen LogP contribution in [0.5, 0.6) is 0 Å². The Morgan fingerprint density at radius 2 is 1.86 bits per heavy atom. The molecule has 37 heavy (non-hydrogen) atoms. The Labute approximate surface area is 214 Å². The number of aliphatic hydroxyl groups is 1. The highest BCUT2D eigenvalue weighted by atomic mass is 32.1. The van der Waals surface area contributed by atoms with Crippen molar-refractivity contribution in [1.29, 1.82) is 0 Å². The fourth-order valence-corrected chi connectivity index (χ4v) is 6.39. The molecule has 1 aromatic carbocycles. The molecule has 0 radical (unpaired) electrons. The monoisotopic (exact) mass is 574 g/mol. The highest BCUT2D eigenvalue weighted by molar-refractivity contribution is 7.60. The highest BCUT2D eigenvalue weighted by Crippen LogP contribution is 2.57. The summed E-state index contributed by atoms with van der Waals surface area (Å²) in [6.45, 7) is 2.70. The average Bonchev–Trinajstić information content (AvgIpc) is 3.09. The third-order valence-electron chi connectivity index (χ3n) is 5.21. The zero-order valence-electron chi connectivity index (χ0n) is 19.5. The number of thiazole rings is 1. The molecule has 17 heteroatoms. The minimum atomic E-state index is -5.30. The van der Waals surface area contributed by atoms with Crippen LogP contribution in [0.15, 0.2) is 36.5 Å². The second kappa shape index (κ2) is 11.0. The van der Waals surface area contributed by atoms with Crippen LogP contribution in [-0.2, 0) is 41.3 Å². The number of carboxylic acids is 1. The molecule has 3 rings (SSSR count). The van der Waals surface area contributed by atoms with Gasteiger partial charge < -0.3 is 35.4 Å². The lowest BCUT2D eigenvalue weighted by atomic mass is 9.94. The number of carboxylic acid groups (broad SMARTS) is 1. The van der Waals surface area contributed by atoms with E-state index < -0.39 is 33.8 Å². The lowest BCUT2D eigenvalue weighted by molar-refractivity contribution is -0.701. The van der Waals surface area contributed by atoms with Crippen molar-refractivity contribution in [3.8, 4) is 0 Å². The van der Waals surface area contributed by atoms with E-state index in [0.717, 1.165) is 11.3 Å². The summed E-state index contributed by atoms with van der Waals surface area (Å²) in [6, 6.07) is 7.58. The number of phosphoric ester groups is 1. The van der Waals surface area contributed by atoms with Crippen molar-refractivity contribution < 1.29 is 52.2 Å². The van der Waals surface area contributed by atoms with Gasteiger partial charge in [0.1, 0.15) is 11.6 Å². The fourth-order valence-electron chi connectivity index (χ4n) is 3.46. The summed E-state index contributed by atoms with van der Waals surface area (Å²) < 4.78 is 32.5. The van der Waals surface area contributed by atoms with Gasteiger partial charge in [-0.1, -0.05) is 41.7 Å². The summed E-state index contributed by atoms with van der Waals surface area (Å²) in [7, 11) is -10.4. The van der Waals surface area contributed by atoms with Crippen LogP contribution < -0.4 is 15.4 Å². The van der Waals surface area contributed by atoms with E-state index in [1.165, 1.54) is 22.9 Å². The molecule has 3 aromatic rings. The number of carbonyl (C=O) groups is 1. The molecular weight excluding hydrogens is 550 g/mol. The Morgan fingerprint density at radius 1 is 1.22 bits per heavy atom. The lowest BCUT2D eigenvalue weighted by Gasteiger charge is -2.25. The SMILES string of the molecule is Cc1ncc(C[n+]2c(C(O)(C(=O)[O-])c3ccccc3)sc(CCOP(=O)(O)OP(=O)(O)O)c2C)c(N)n1. The molecule has 0 aliphatic rings. The minimum Gasteiger partial charge on any atom is -0.546 e. The van der Waals surface area contributed by atoms with Crippen molar-refractivity contribution in [2.75, 3.05) is 12.3 Å². The molecule has 0 fully saturated rings. The van der Waals surface area contributed by atoms with Crippen molar-refractivity contribution in [3.63, 3.8) is 0 Å². The first-order valence-corrected chi connectivity index (χ1v) is 14.3. The zero-order valence-corrected chi connectivity index (χ0v) is 22.2. The third-order valence-corrected chi connectivity index (χ3v) is 8.85. The summed E-state index contributed by atoms with van der Waals surface area (Å²) in [4.78, 5) is 48.0. The molecule has 0 amide bonds. The van der Waals surface area contributed by atoms with E-state index in [2.05, 4.69) is 18.8 Å². The number of aryl methyl sites for hydroxylation is 1. The van der Waals surface area contributed by atoms with Crippen LogP contribution in [0.4, 0.5) is 5.82 Å². The van der Waals surface area contributed by atoms with E-state index in [0.29, 0.717) is 22.0 Å². The predicted molar refractivity (Wildman–Crippen MR) is 127 cm³/mol. The van der Waals surface area contributed by atoms with Gasteiger partial charge in [0.25, 0.3) is 5.01 Å². The summed E-state index contributed by atoms with van der Waals surface area (Å²) in [5, 5.41) is 23.7. The summed E-state index contributed by atoms with van der Waals surface area (Å²) in [5.41, 5.74) is 4.34. The fraction of sp³-hybridized carbons (Fsp3) is 0.300. The molecule has 0 spiro atoms. The number of hydrogen-bond acceptors (Lipinski definition) is 11. The number of nitrogen functional groups attached to an aromatic ring is 1. The lowest BCUT2D eigenvalue weighted by Crippen LogP contribution is -2.54. The first-order valence-electron chi connectivity index (χ1n) is 10.5. The van der Waals surface area contributed by atoms with Crippen LogP contribution in [-0.4, -0.2) is 42.3 Å². The molecular formula is C20H24N4O10P2S. The Kier molecular flexibility index (Phi) is 8.64. The number of carbonyl (C=O) groups excluding carboxylic acids is 1. The Balaban J connectivity index is 2.06. The number of benzene rings is 1. The van der Waals surface area contributed by atoms with Gasteiger partial charge in [0.15, 0.2) is 12.2 Å². The van der Waals surface area contributed by atoms with Crippen molar-refractivity contribution in [2.24, 2.45) is 0 Å². The maximum absolute atomic E-state index is 12.3. The summed E-state index contributed by atoms with van der Waals surface area (Å²) >= 11 is 0.873. The van der Waals surface area contributed by atoms with Gasteiger partial charge in [-0.25, -0.2) is 19.1 Å². The number of aliphatic carboxylic acids is 1. The van der Waals surface area contributed by atoms with Gasteiger partial charge in [0.2, 0.25) is 5.60 Å². The first-order chi connectivity index (χ1) is 17.1. The second-order valence-corrected chi connectivity index (χ2v) is 11.7. The van der Waals surface area contributed by atoms with Crippen LogP contribution in [0.2, 0.25) is 0 Å². The van der Waals surface area contributed by atoms with E-state index in [1.807, 2.05) is 0 Å². The van der Waals surface area contributed by atoms with Gasteiger partial charge in [0.05, 0.1) is 23.0 Å². The molecule has 0 saturated carbocycles. The Bertz CT molecular complexity index is 1400.